The molecule has 1 N–H and O–H groups in total. The molecule has 2 rings (SSSR count). The third-order valence-electron chi connectivity index (χ3n) is 2.65. The van der Waals surface area contributed by atoms with Crippen molar-refractivity contribution >= 4 is 33.5 Å². The van der Waals surface area contributed by atoms with Gasteiger partial charge in [-0.1, -0.05) is 15.9 Å². The third-order valence-corrected chi connectivity index (χ3v) is 3.14. The fourth-order valence-corrected chi connectivity index (χ4v) is 2.42. The summed E-state index contributed by atoms with van der Waals surface area (Å²) in [4.78, 5) is 23.9. The average Bonchev–Trinajstić information content (AvgIpc) is 2.55. The Balaban J connectivity index is 2.49. The Morgan fingerprint density at radius 1 is 1.50 bits per heavy atom. The minimum absolute atomic E-state index is 0.242. The van der Waals surface area contributed by atoms with E-state index < -0.39 is 12.0 Å². The van der Waals surface area contributed by atoms with Crippen molar-refractivity contribution in [2.75, 3.05) is 4.90 Å². The summed E-state index contributed by atoms with van der Waals surface area (Å²) in [6, 6.07) is 4.65. The fourth-order valence-electron chi connectivity index (χ4n) is 2.01. The smallest absolute Gasteiger partial charge is 0.327 e. The Morgan fingerprint density at radius 3 is 2.75 bits per heavy atom. The molecular weight excluding hydrogens is 274 g/mol. The summed E-state index contributed by atoms with van der Waals surface area (Å²) in [5, 5.41) is 9.07. The number of anilines is 1. The van der Waals surface area contributed by atoms with Crippen LogP contribution in [0, 0.1) is 0 Å². The van der Waals surface area contributed by atoms with Gasteiger partial charge < -0.3 is 5.11 Å². The summed E-state index contributed by atoms with van der Waals surface area (Å²) in [5.74, 6) is -1.21. The summed E-state index contributed by atoms with van der Waals surface area (Å²) in [5.41, 5.74) is 1.58. The van der Waals surface area contributed by atoms with E-state index in [0.717, 1.165) is 10.0 Å². The van der Waals surface area contributed by atoms with E-state index in [9.17, 15) is 9.59 Å². The molecule has 16 heavy (non-hydrogen) atoms. The van der Waals surface area contributed by atoms with E-state index in [-0.39, 0.29) is 5.91 Å². The predicted molar refractivity (Wildman–Crippen MR) is 62.4 cm³/mol. The van der Waals surface area contributed by atoms with Crippen molar-refractivity contribution in [2.24, 2.45) is 0 Å². The van der Waals surface area contributed by atoms with E-state index in [0.29, 0.717) is 12.1 Å². The van der Waals surface area contributed by atoms with Gasteiger partial charge in [0.25, 0.3) is 0 Å². The van der Waals surface area contributed by atoms with Crippen LogP contribution in [0.5, 0.6) is 0 Å². The third kappa shape index (κ3) is 1.71. The molecule has 84 valence electrons. The zero-order valence-electron chi connectivity index (χ0n) is 8.61. The number of benzene rings is 1. The molecule has 1 atom stereocenters. The van der Waals surface area contributed by atoms with Gasteiger partial charge in [0.05, 0.1) is 0 Å². The Hall–Kier alpha value is -1.36. The number of aliphatic carboxylic acids is 1. The fraction of sp³-hybridized carbons (Fsp3) is 0.273. The Morgan fingerprint density at radius 2 is 2.19 bits per heavy atom. The zero-order chi connectivity index (χ0) is 11.9. The molecule has 0 unspecified atom stereocenters. The second-order valence-electron chi connectivity index (χ2n) is 3.72. The van der Waals surface area contributed by atoms with Crippen molar-refractivity contribution in [1.82, 2.24) is 0 Å². The standard InChI is InChI=1S/C11H10BrNO3/c1-6(14)13-9-3-2-8(12)4-7(9)5-10(13)11(15)16/h2-4,10H,5H2,1H3,(H,15,16)/t10-/m0/s1. The molecule has 0 spiro atoms. The van der Waals surface area contributed by atoms with E-state index in [1.807, 2.05) is 6.07 Å². The summed E-state index contributed by atoms with van der Waals surface area (Å²) in [6.45, 7) is 1.38. The number of amides is 1. The van der Waals surface area contributed by atoms with Crippen LogP contribution in [-0.4, -0.2) is 23.0 Å². The van der Waals surface area contributed by atoms with Gasteiger partial charge in [0, 0.05) is 23.5 Å². The topological polar surface area (TPSA) is 57.6 Å². The number of fused-ring (bicyclic) bond motifs is 1. The maximum Gasteiger partial charge on any atom is 0.327 e. The van der Waals surface area contributed by atoms with Gasteiger partial charge in [-0.2, -0.15) is 0 Å². The molecular formula is C11H10BrNO3. The van der Waals surface area contributed by atoms with Crippen LogP contribution in [0.1, 0.15) is 12.5 Å². The normalized spacial score (nSPS) is 18.4. The Labute approximate surface area is 101 Å². The minimum atomic E-state index is -0.970. The molecule has 1 aliphatic heterocycles. The monoisotopic (exact) mass is 283 g/mol. The number of rotatable bonds is 1. The number of nitrogens with zero attached hydrogens (tertiary/aromatic N) is 1. The van der Waals surface area contributed by atoms with Gasteiger partial charge in [-0.05, 0) is 23.8 Å². The van der Waals surface area contributed by atoms with Crippen molar-refractivity contribution in [1.29, 1.82) is 0 Å². The van der Waals surface area contributed by atoms with E-state index in [1.165, 1.54) is 11.8 Å². The highest BCUT2D eigenvalue weighted by Crippen LogP contribution is 2.34. The Bertz CT molecular complexity index is 472. The average molecular weight is 284 g/mol. The van der Waals surface area contributed by atoms with Gasteiger partial charge in [0.1, 0.15) is 6.04 Å². The lowest BCUT2D eigenvalue weighted by Crippen LogP contribution is -2.41. The zero-order valence-corrected chi connectivity index (χ0v) is 10.2. The first-order chi connectivity index (χ1) is 7.50. The van der Waals surface area contributed by atoms with E-state index in [4.69, 9.17) is 5.11 Å². The van der Waals surface area contributed by atoms with Crippen molar-refractivity contribution in [3.8, 4) is 0 Å². The molecule has 0 saturated carbocycles. The van der Waals surface area contributed by atoms with Crippen molar-refractivity contribution in [3.05, 3.63) is 28.2 Å². The van der Waals surface area contributed by atoms with Crippen LogP contribution in [0.2, 0.25) is 0 Å². The summed E-state index contributed by atoms with van der Waals surface area (Å²) < 4.78 is 0.890. The van der Waals surface area contributed by atoms with E-state index in [1.54, 1.807) is 12.1 Å². The molecule has 1 aromatic carbocycles. The lowest BCUT2D eigenvalue weighted by Gasteiger charge is -2.20. The number of hydrogen-bond donors (Lipinski definition) is 1. The van der Waals surface area contributed by atoms with Gasteiger partial charge in [0.2, 0.25) is 5.91 Å². The lowest BCUT2D eigenvalue weighted by atomic mass is 10.1. The second-order valence-corrected chi connectivity index (χ2v) is 4.64. The molecule has 1 heterocycles. The lowest BCUT2D eigenvalue weighted by molar-refractivity contribution is -0.139. The van der Waals surface area contributed by atoms with Crippen molar-refractivity contribution in [3.63, 3.8) is 0 Å². The first-order valence-corrected chi connectivity index (χ1v) is 5.61. The highest BCUT2D eigenvalue weighted by atomic mass is 79.9. The van der Waals surface area contributed by atoms with Crippen LogP contribution in [0.25, 0.3) is 0 Å². The molecule has 5 heteroatoms. The van der Waals surface area contributed by atoms with Gasteiger partial charge in [-0.15, -0.1) is 0 Å². The number of carboxylic acid groups (broad SMARTS) is 1. The minimum Gasteiger partial charge on any atom is -0.480 e. The molecule has 0 radical (unpaired) electrons. The van der Waals surface area contributed by atoms with Crippen LogP contribution in [-0.2, 0) is 16.0 Å². The molecule has 4 nitrogen and oxygen atoms in total. The molecule has 0 saturated heterocycles. The molecule has 0 bridgehead atoms. The molecule has 0 fully saturated rings. The largest absolute Gasteiger partial charge is 0.480 e. The van der Waals surface area contributed by atoms with E-state index in [2.05, 4.69) is 15.9 Å². The molecule has 1 aromatic rings. The van der Waals surface area contributed by atoms with Crippen molar-refractivity contribution < 1.29 is 14.7 Å². The SMILES string of the molecule is CC(=O)N1c2ccc(Br)cc2C[C@H]1C(=O)O. The quantitative estimate of drug-likeness (QED) is 0.855. The van der Waals surface area contributed by atoms with E-state index >= 15 is 0 Å². The number of carbonyl (C=O) groups is 2. The molecule has 1 aliphatic rings. The van der Waals surface area contributed by atoms with Crippen LogP contribution < -0.4 is 4.90 Å². The Kier molecular flexibility index (Phi) is 2.71. The summed E-state index contributed by atoms with van der Waals surface area (Å²) in [6.07, 6.45) is 0.365. The highest BCUT2D eigenvalue weighted by molar-refractivity contribution is 9.10. The molecule has 0 aromatic heterocycles. The number of carboxylic acids is 1. The summed E-state index contributed by atoms with van der Waals surface area (Å²) in [7, 11) is 0. The number of hydrogen-bond acceptors (Lipinski definition) is 2. The highest BCUT2D eigenvalue weighted by Gasteiger charge is 2.36. The van der Waals surface area contributed by atoms with Gasteiger partial charge in [-0.3, -0.25) is 9.69 Å². The predicted octanol–water partition coefficient (Wildman–Crippen LogP) is 1.81. The molecule has 1 amide bonds. The van der Waals surface area contributed by atoms with Gasteiger partial charge in [-0.25, -0.2) is 4.79 Å². The van der Waals surface area contributed by atoms with Crippen molar-refractivity contribution in [2.45, 2.75) is 19.4 Å². The molecule has 0 aliphatic carbocycles. The first-order valence-electron chi connectivity index (χ1n) is 4.81. The van der Waals surface area contributed by atoms with Crippen LogP contribution in [0.4, 0.5) is 5.69 Å². The second kappa shape index (κ2) is 3.90. The maximum absolute atomic E-state index is 11.5. The van der Waals surface area contributed by atoms with Crippen LogP contribution in [0.3, 0.4) is 0 Å². The first kappa shape index (κ1) is 11.1. The maximum atomic E-state index is 11.5. The van der Waals surface area contributed by atoms with Gasteiger partial charge >= 0.3 is 5.97 Å². The number of halogens is 1. The number of carbonyl (C=O) groups excluding carboxylic acids is 1. The van der Waals surface area contributed by atoms with Crippen LogP contribution >= 0.6 is 15.9 Å². The van der Waals surface area contributed by atoms with Crippen LogP contribution in [0.15, 0.2) is 22.7 Å². The summed E-state index contributed by atoms with van der Waals surface area (Å²) >= 11 is 3.33. The van der Waals surface area contributed by atoms with Gasteiger partial charge in [0.15, 0.2) is 0 Å².